The highest BCUT2D eigenvalue weighted by Crippen LogP contribution is 2.51. The molecule has 6 rings (SSSR count). The summed E-state index contributed by atoms with van der Waals surface area (Å²) in [4.78, 5) is 12.3. The molecule has 0 saturated carbocycles. The number of phenolic OH excluding ortho intramolecular Hbond substituents is 3. The number of aliphatic hydroxyl groups is 3. The molecule has 0 aliphatic carbocycles. The van der Waals surface area contributed by atoms with Crippen molar-refractivity contribution in [3.05, 3.63) is 77.4 Å². The number of carbonyl (C=O) groups is 1. The number of fused-ring (bicyclic) bond motifs is 1. The second kappa shape index (κ2) is 14.5. The Morgan fingerprint density at radius 1 is 0.755 bits per heavy atom. The summed E-state index contributed by atoms with van der Waals surface area (Å²) in [5.74, 6) is -0.489. The molecule has 0 unspecified atom stereocenters. The summed E-state index contributed by atoms with van der Waals surface area (Å²) in [7, 11) is 2.94. The zero-order chi connectivity index (χ0) is 34.8. The molecule has 3 saturated heterocycles. The van der Waals surface area contributed by atoms with Gasteiger partial charge in [0.05, 0.1) is 39.6 Å². The minimum absolute atomic E-state index is 0.0351. The van der Waals surface area contributed by atoms with E-state index in [0.717, 1.165) is 17.2 Å². The molecular formula is C35H38O14. The lowest BCUT2D eigenvalue weighted by Crippen LogP contribution is -2.60. The van der Waals surface area contributed by atoms with E-state index in [-0.39, 0.29) is 47.0 Å². The highest BCUT2D eigenvalue weighted by molar-refractivity contribution is 5.87. The Bertz CT molecular complexity index is 1680. The van der Waals surface area contributed by atoms with Crippen molar-refractivity contribution < 1.29 is 68.6 Å². The highest BCUT2D eigenvalue weighted by atomic mass is 16.7. The van der Waals surface area contributed by atoms with Crippen molar-refractivity contribution in [3.63, 3.8) is 0 Å². The first kappa shape index (κ1) is 34.3. The third-order valence-electron chi connectivity index (χ3n) is 9.03. The van der Waals surface area contributed by atoms with Crippen molar-refractivity contribution in [1.29, 1.82) is 0 Å². The molecule has 262 valence electrons. The van der Waals surface area contributed by atoms with Gasteiger partial charge in [0.1, 0.15) is 31.0 Å². The zero-order valence-corrected chi connectivity index (χ0v) is 26.6. The van der Waals surface area contributed by atoms with Crippen molar-refractivity contribution in [2.75, 3.05) is 34.0 Å². The first-order valence-corrected chi connectivity index (χ1v) is 15.6. The molecular weight excluding hydrogens is 644 g/mol. The largest absolute Gasteiger partial charge is 0.504 e. The van der Waals surface area contributed by atoms with Gasteiger partial charge < -0.3 is 63.8 Å². The van der Waals surface area contributed by atoms with E-state index in [2.05, 4.69) is 0 Å². The minimum Gasteiger partial charge on any atom is -0.504 e. The van der Waals surface area contributed by atoms with Gasteiger partial charge in [-0.15, -0.1) is 0 Å². The summed E-state index contributed by atoms with van der Waals surface area (Å²) in [6, 6.07) is 14.3. The summed E-state index contributed by atoms with van der Waals surface area (Å²) in [6.45, 7) is 0.426. The molecule has 0 aromatic heterocycles. The van der Waals surface area contributed by atoms with Crippen LogP contribution in [0.2, 0.25) is 0 Å². The Balaban J connectivity index is 1.10. The van der Waals surface area contributed by atoms with E-state index in [1.165, 1.54) is 38.5 Å². The fourth-order valence-corrected chi connectivity index (χ4v) is 6.36. The van der Waals surface area contributed by atoms with E-state index in [9.17, 15) is 35.4 Å². The van der Waals surface area contributed by atoms with Crippen LogP contribution in [0.1, 0.15) is 28.9 Å². The zero-order valence-electron chi connectivity index (χ0n) is 26.6. The van der Waals surface area contributed by atoms with Gasteiger partial charge in [-0.2, -0.15) is 0 Å². The molecule has 14 heteroatoms. The number of hydrogen-bond acceptors (Lipinski definition) is 14. The van der Waals surface area contributed by atoms with Crippen LogP contribution >= 0.6 is 0 Å². The minimum atomic E-state index is -1.68. The molecule has 9 atom stereocenters. The number of aromatic hydroxyl groups is 3. The molecule has 0 spiro atoms. The van der Waals surface area contributed by atoms with Crippen LogP contribution < -0.4 is 14.2 Å². The highest BCUT2D eigenvalue weighted by Gasteiger charge is 2.49. The smallest absolute Gasteiger partial charge is 0.330 e. The van der Waals surface area contributed by atoms with E-state index < -0.39 is 43.3 Å². The van der Waals surface area contributed by atoms with Gasteiger partial charge in [-0.05, 0) is 59.2 Å². The van der Waals surface area contributed by atoms with Gasteiger partial charge in [0.15, 0.2) is 34.5 Å². The van der Waals surface area contributed by atoms with E-state index in [4.69, 9.17) is 33.2 Å². The molecule has 3 aliphatic heterocycles. The van der Waals surface area contributed by atoms with Gasteiger partial charge in [-0.25, -0.2) is 4.79 Å². The lowest BCUT2D eigenvalue weighted by molar-refractivity contribution is -0.278. The van der Waals surface area contributed by atoms with Crippen molar-refractivity contribution in [2.45, 2.75) is 42.9 Å². The lowest BCUT2D eigenvalue weighted by Gasteiger charge is -2.40. The molecule has 3 aromatic rings. The summed E-state index contributed by atoms with van der Waals surface area (Å²) >= 11 is 0. The SMILES string of the molecule is COc1cc([C@H]2OC[C@H]3[C@@H]2CO[C@@H]3c2ccc(O[C@@H]3O[C@H](COC(=O)/C=C/c4ccc(O)c(O)c4)[C@@H](O)[C@H](O)[C@H]3O)c(OC)c2)ccc1O. The number of methoxy groups -OCH3 is 2. The van der Waals surface area contributed by atoms with Gasteiger partial charge in [-0.3, -0.25) is 0 Å². The number of ether oxygens (including phenoxy) is 7. The van der Waals surface area contributed by atoms with E-state index in [1.54, 1.807) is 30.3 Å². The number of hydrogen-bond donors (Lipinski definition) is 6. The van der Waals surface area contributed by atoms with Crippen molar-refractivity contribution in [1.82, 2.24) is 0 Å². The Kier molecular flexibility index (Phi) is 10.2. The molecule has 0 bridgehead atoms. The molecule has 49 heavy (non-hydrogen) atoms. The van der Waals surface area contributed by atoms with Crippen LogP contribution in [0.15, 0.2) is 60.7 Å². The maximum Gasteiger partial charge on any atom is 0.330 e. The maximum atomic E-state index is 12.3. The van der Waals surface area contributed by atoms with Gasteiger partial charge >= 0.3 is 5.97 Å². The molecule has 14 nitrogen and oxygen atoms in total. The first-order chi connectivity index (χ1) is 23.6. The number of aliphatic hydroxyl groups excluding tert-OH is 3. The number of carbonyl (C=O) groups excluding carboxylic acids is 1. The van der Waals surface area contributed by atoms with Crippen molar-refractivity contribution in [3.8, 4) is 34.5 Å². The Morgan fingerprint density at radius 2 is 1.39 bits per heavy atom. The van der Waals surface area contributed by atoms with Crippen LogP contribution in [-0.4, -0.2) is 101 Å². The first-order valence-electron chi connectivity index (χ1n) is 15.6. The summed E-state index contributed by atoms with van der Waals surface area (Å²) in [5, 5.41) is 60.8. The fraction of sp³-hybridized carbons (Fsp3) is 0.400. The molecule has 3 fully saturated rings. The Morgan fingerprint density at radius 3 is 2.04 bits per heavy atom. The van der Waals surface area contributed by atoms with Crippen molar-refractivity contribution in [2.24, 2.45) is 11.8 Å². The van der Waals surface area contributed by atoms with E-state index in [1.807, 2.05) is 6.07 Å². The van der Waals surface area contributed by atoms with Crippen LogP contribution in [0.3, 0.4) is 0 Å². The Labute approximate surface area is 281 Å². The van der Waals surface area contributed by atoms with E-state index in [0.29, 0.717) is 30.3 Å². The fourth-order valence-electron chi connectivity index (χ4n) is 6.36. The summed E-state index contributed by atoms with van der Waals surface area (Å²) in [5.41, 5.74) is 2.11. The molecule has 3 aromatic carbocycles. The summed E-state index contributed by atoms with van der Waals surface area (Å²) in [6.07, 6.45) is -5.78. The lowest BCUT2D eigenvalue weighted by atomic mass is 9.85. The standard InChI is InChI=1S/C35H38O14/c1-43-26-12-18(5-8-23(26)37)33-20-14-47-34(21(20)15-46-33)19-6-9-25(27(13-19)44-2)48-35-32(42)31(41)30(40)28(49-35)16-45-29(39)10-4-17-3-7-22(36)24(38)11-17/h3-13,20-21,28,30-38,40-42H,14-16H2,1-2H3/b10-4+/t20-,21-,28+,30+,31-,32+,33+,34+,35+/m0/s1. The van der Waals surface area contributed by atoms with E-state index >= 15 is 0 Å². The van der Waals surface area contributed by atoms with Crippen LogP contribution in [-0.2, 0) is 23.7 Å². The average Bonchev–Trinajstić information content (AvgIpc) is 3.72. The van der Waals surface area contributed by atoms with Crippen LogP contribution in [0.4, 0.5) is 0 Å². The number of phenols is 3. The topological polar surface area (TPSA) is 203 Å². The second-order valence-electron chi connectivity index (χ2n) is 12.0. The average molecular weight is 683 g/mol. The maximum absolute atomic E-state index is 12.3. The third kappa shape index (κ3) is 7.11. The molecule has 3 aliphatic rings. The molecule has 6 N–H and O–H groups in total. The van der Waals surface area contributed by atoms with Crippen LogP contribution in [0.25, 0.3) is 6.08 Å². The second-order valence-corrected chi connectivity index (χ2v) is 12.0. The van der Waals surface area contributed by atoms with Crippen LogP contribution in [0.5, 0.6) is 34.5 Å². The van der Waals surface area contributed by atoms with Crippen LogP contribution in [0, 0.1) is 11.8 Å². The van der Waals surface area contributed by atoms with Gasteiger partial charge in [-0.1, -0.05) is 18.2 Å². The van der Waals surface area contributed by atoms with Crippen molar-refractivity contribution >= 4 is 12.0 Å². The third-order valence-corrected chi connectivity index (χ3v) is 9.03. The van der Waals surface area contributed by atoms with Gasteiger partial charge in [0, 0.05) is 17.9 Å². The summed E-state index contributed by atoms with van der Waals surface area (Å²) < 4.78 is 40.1. The predicted octanol–water partition coefficient (Wildman–Crippen LogP) is 2.34. The molecule has 0 amide bonds. The number of benzene rings is 3. The molecule has 3 heterocycles. The monoisotopic (exact) mass is 682 g/mol. The Hall–Kier alpha value is -4.57. The molecule has 0 radical (unpaired) electrons. The number of esters is 1. The normalized spacial score (nSPS) is 29.4. The predicted molar refractivity (Wildman–Crippen MR) is 169 cm³/mol. The quantitative estimate of drug-likeness (QED) is 0.103. The van der Waals surface area contributed by atoms with Gasteiger partial charge in [0.25, 0.3) is 0 Å². The van der Waals surface area contributed by atoms with Gasteiger partial charge in [0.2, 0.25) is 6.29 Å². The number of rotatable bonds is 10.